The standard InChI is InChI=1S/C16H31N3O/c1-3-19-11-7-5-8-13(19)12-18-15(20)14-9-4-6-10-16(14,2)17/h13-14H,3-12,17H2,1-2H3,(H,18,20). The van der Waals surface area contributed by atoms with Crippen LogP contribution in [0.3, 0.4) is 0 Å². The van der Waals surface area contributed by atoms with Crippen molar-refractivity contribution in [2.24, 2.45) is 11.7 Å². The van der Waals surface area contributed by atoms with Gasteiger partial charge in [0.25, 0.3) is 0 Å². The lowest BCUT2D eigenvalue weighted by Crippen LogP contribution is -2.54. The molecule has 1 amide bonds. The fraction of sp³-hybridized carbons (Fsp3) is 0.938. The van der Waals surface area contributed by atoms with Gasteiger partial charge in [0.15, 0.2) is 0 Å². The summed E-state index contributed by atoms with van der Waals surface area (Å²) in [7, 11) is 0. The Morgan fingerprint density at radius 3 is 2.75 bits per heavy atom. The lowest BCUT2D eigenvalue weighted by Gasteiger charge is -2.39. The first-order valence-corrected chi connectivity index (χ1v) is 8.35. The second kappa shape index (κ2) is 6.90. The van der Waals surface area contributed by atoms with E-state index in [0.717, 1.165) is 38.8 Å². The Morgan fingerprint density at radius 2 is 2.05 bits per heavy atom. The summed E-state index contributed by atoms with van der Waals surface area (Å²) in [6.07, 6.45) is 7.99. The summed E-state index contributed by atoms with van der Waals surface area (Å²) in [5.74, 6) is 0.172. The van der Waals surface area contributed by atoms with Crippen molar-refractivity contribution < 1.29 is 4.79 Å². The molecule has 3 N–H and O–H groups in total. The van der Waals surface area contributed by atoms with Crippen molar-refractivity contribution >= 4 is 5.91 Å². The number of hydrogen-bond acceptors (Lipinski definition) is 3. The van der Waals surface area contributed by atoms with Crippen LogP contribution in [0, 0.1) is 5.92 Å². The van der Waals surface area contributed by atoms with Crippen molar-refractivity contribution in [3.8, 4) is 0 Å². The Bertz CT molecular complexity index is 330. The van der Waals surface area contributed by atoms with Crippen molar-refractivity contribution in [3.05, 3.63) is 0 Å². The van der Waals surface area contributed by atoms with E-state index in [9.17, 15) is 4.79 Å². The smallest absolute Gasteiger partial charge is 0.225 e. The number of rotatable bonds is 4. The molecule has 1 saturated carbocycles. The van der Waals surface area contributed by atoms with Gasteiger partial charge in [-0.2, -0.15) is 0 Å². The topological polar surface area (TPSA) is 58.4 Å². The minimum absolute atomic E-state index is 0.00471. The van der Waals surface area contributed by atoms with Crippen molar-refractivity contribution in [1.82, 2.24) is 10.2 Å². The number of nitrogens with one attached hydrogen (secondary N) is 1. The number of amides is 1. The predicted octanol–water partition coefficient (Wildman–Crippen LogP) is 1.88. The van der Waals surface area contributed by atoms with Crippen LogP contribution < -0.4 is 11.1 Å². The van der Waals surface area contributed by atoms with E-state index >= 15 is 0 Å². The minimum atomic E-state index is -0.320. The number of piperidine rings is 1. The molecular weight excluding hydrogens is 250 g/mol. The molecule has 1 heterocycles. The van der Waals surface area contributed by atoms with Gasteiger partial charge in [-0.3, -0.25) is 9.69 Å². The average Bonchev–Trinajstić information content (AvgIpc) is 2.44. The van der Waals surface area contributed by atoms with Gasteiger partial charge in [0, 0.05) is 18.1 Å². The summed E-state index contributed by atoms with van der Waals surface area (Å²) >= 11 is 0. The zero-order chi connectivity index (χ0) is 14.6. The third-order valence-electron chi connectivity index (χ3n) is 5.24. The Labute approximate surface area is 123 Å². The van der Waals surface area contributed by atoms with Crippen LogP contribution in [0.25, 0.3) is 0 Å². The molecule has 0 aromatic heterocycles. The monoisotopic (exact) mass is 281 g/mol. The normalized spacial score (nSPS) is 35.8. The van der Waals surface area contributed by atoms with E-state index in [-0.39, 0.29) is 17.4 Å². The number of likely N-dealkylation sites (tertiary alicyclic amines) is 1. The highest BCUT2D eigenvalue weighted by molar-refractivity contribution is 5.80. The van der Waals surface area contributed by atoms with Gasteiger partial charge in [-0.1, -0.05) is 26.2 Å². The fourth-order valence-electron chi connectivity index (χ4n) is 3.84. The van der Waals surface area contributed by atoms with Crippen molar-refractivity contribution in [2.75, 3.05) is 19.6 Å². The van der Waals surface area contributed by atoms with Gasteiger partial charge in [0.1, 0.15) is 0 Å². The Kier molecular flexibility index (Phi) is 5.44. The van der Waals surface area contributed by atoms with E-state index in [4.69, 9.17) is 5.73 Å². The van der Waals surface area contributed by atoms with Crippen LogP contribution >= 0.6 is 0 Å². The molecule has 4 heteroatoms. The van der Waals surface area contributed by atoms with Gasteiger partial charge in [-0.05, 0) is 45.7 Å². The molecule has 2 aliphatic rings. The molecule has 4 nitrogen and oxygen atoms in total. The van der Waals surface area contributed by atoms with Crippen LogP contribution in [-0.4, -0.2) is 42.0 Å². The molecule has 1 aliphatic heterocycles. The van der Waals surface area contributed by atoms with Crippen LogP contribution in [0.15, 0.2) is 0 Å². The summed E-state index contributed by atoms with van der Waals surface area (Å²) in [4.78, 5) is 14.9. The van der Waals surface area contributed by atoms with Crippen LogP contribution in [0.5, 0.6) is 0 Å². The summed E-state index contributed by atoms with van der Waals surface area (Å²) in [6.45, 7) is 7.29. The molecule has 0 aromatic rings. The number of likely N-dealkylation sites (N-methyl/N-ethyl adjacent to an activating group) is 1. The van der Waals surface area contributed by atoms with E-state index < -0.39 is 0 Å². The SMILES string of the molecule is CCN1CCCCC1CNC(=O)C1CCCCC1(C)N. The van der Waals surface area contributed by atoms with Gasteiger partial charge >= 0.3 is 0 Å². The second-order valence-electron chi connectivity index (χ2n) is 6.83. The van der Waals surface area contributed by atoms with Crippen molar-refractivity contribution in [2.45, 2.75) is 70.4 Å². The summed E-state index contributed by atoms with van der Waals surface area (Å²) in [5.41, 5.74) is 5.99. The molecular formula is C16H31N3O. The van der Waals surface area contributed by atoms with E-state index in [0.29, 0.717) is 6.04 Å². The molecule has 0 aromatic carbocycles. The molecule has 20 heavy (non-hydrogen) atoms. The third kappa shape index (κ3) is 3.73. The molecule has 2 fully saturated rings. The summed E-state index contributed by atoms with van der Waals surface area (Å²) < 4.78 is 0. The molecule has 0 radical (unpaired) electrons. The first-order valence-electron chi connectivity index (χ1n) is 8.35. The minimum Gasteiger partial charge on any atom is -0.354 e. The van der Waals surface area contributed by atoms with E-state index in [1.807, 2.05) is 6.92 Å². The summed E-state index contributed by atoms with van der Waals surface area (Å²) in [6, 6.07) is 0.519. The van der Waals surface area contributed by atoms with Gasteiger partial charge < -0.3 is 11.1 Å². The fourth-order valence-corrected chi connectivity index (χ4v) is 3.84. The van der Waals surface area contributed by atoms with E-state index in [2.05, 4.69) is 17.1 Å². The molecule has 1 aliphatic carbocycles. The second-order valence-corrected chi connectivity index (χ2v) is 6.83. The molecule has 0 spiro atoms. The van der Waals surface area contributed by atoms with Gasteiger partial charge in [-0.15, -0.1) is 0 Å². The molecule has 0 bridgehead atoms. The maximum absolute atomic E-state index is 12.4. The number of nitrogens with zero attached hydrogens (tertiary/aromatic N) is 1. The predicted molar refractivity (Wildman–Crippen MR) is 82.4 cm³/mol. The van der Waals surface area contributed by atoms with E-state index in [1.54, 1.807) is 0 Å². The molecule has 3 atom stereocenters. The number of hydrogen-bond donors (Lipinski definition) is 2. The largest absolute Gasteiger partial charge is 0.354 e. The Morgan fingerprint density at radius 1 is 1.30 bits per heavy atom. The van der Waals surface area contributed by atoms with E-state index in [1.165, 1.54) is 25.8 Å². The van der Waals surface area contributed by atoms with Gasteiger partial charge in [0.05, 0.1) is 5.92 Å². The average molecular weight is 281 g/mol. The van der Waals surface area contributed by atoms with Crippen LogP contribution in [0.1, 0.15) is 58.8 Å². The van der Waals surface area contributed by atoms with Crippen LogP contribution in [-0.2, 0) is 4.79 Å². The zero-order valence-electron chi connectivity index (χ0n) is 13.2. The lowest BCUT2D eigenvalue weighted by atomic mass is 9.74. The number of carbonyl (C=O) groups excluding carboxylic acids is 1. The number of nitrogens with two attached hydrogens (primary N) is 1. The first kappa shape index (κ1) is 15.8. The van der Waals surface area contributed by atoms with Crippen molar-refractivity contribution in [1.29, 1.82) is 0 Å². The maximum atomic E-state index is 12.4. The van der Waals surface area contributed by atoms with Gasteiger partial charge in [-0.25, -0.2) is 0 Å². The highest BCUT2D eigenvalue weighted by Crippen LogP contribution is 2.31. The zero-order valence-corrected chi connectivity index (χ0v) is 13.2. The Balaban J connectivity index is 1.84. The quantitative estimate of drug-likeness (QED) is 0.827. The molecule has 2 rings (SSSR count). The van der Waals surface area contributed by atoms with Crippen LogP contribution in [0.2, 0.25) is 0 Å². The molecule has 1 saturated heterocycles. The lowest BCUT2D eigenvalue weighted by molar-refractivity contribution is -0.128. The van der Waals surface area contributed by atoms with Crippen molar-refractivity contribution in [3.63, 3.8) is 0 Å². The first-order chi connectivity index (χ1) is 9.54. The summed E-state index contributed by atoms with van der Waals surface area (Å²) in [5, 5.41) is 3.18. The highest BCUT2D eigenvalue weighted by atomic mass is 16.1. The maximum Gasteiger partial charge on any atom is 0.225 e. The van der Waals surface area contributed by atoms with Gasteiger partial charge in [0.2, 0.25) is 5.91 Å². The number of carbonyl (C=O) groups is 1. The third-order valence-corrected chi connectivity index (χ3v) is 5.24. The molecule has 116 valence electrons. The van der Waals surface area contributed by atoms with Crippen LogP contribution in [0.4, 0.5) is 0 Å². The molecule has 3 unspecified atom stereocenters. The Hall–Kier alpha value is -0.610. The highest BCUT2D eigenvalue weighted by Gasteiger charge is 2.37.